The second-order valence-electron chi connectivity index (χ2n) is 7.36. The predicted octanol–water partition coefficient (Wildman–Crippen LogP) is 3.72. The Labute approximate surface area is 195 Å². The molecule has 170 valence electrons. The summed E-state index contributed by atoms with van der Waals surface area (Å²) in [6.45, 7) is 2.63. The molecule has 0 saturated carbocycles. The fraction of sp³-hybridized carbons (Fsp3) is 0.250. The summed E-state index contributed by atoms with van der Waals surface area (Å²) in [5, 5.41) is 3.24. The van der Waals surface area contributed by atoms with Crippen LogP contribution in [-0.2, 0) is 16.0 Å². The van der Waals surface area contributed by atoms with Gasteiger partial charge in [0.25, 0.3) is 5.91 Å². The number of methoxy groups -OCH3 is 2. The highest BCUT2D eigenvalue weighted by molar-refractivity contribution is 7.13. The van der Waals surface area contributed by atoms with Crippen molar-refractivity contribution in [3.05, 3.63) is 71.1 Å². The van der Waals surface area contributed by atoms with Gasteiger partial charge in [-0.25, -0.2) is 4.98 Å². The van der Waals surface area contributed by atoms with Gasteiger partial charge in [-0.2, -0.15) is 0 Å². The van der Waals surface area contributed by atoms with Crippen LogP contribution in [0.15, 0.2) is 54.3 Å². The number of carbonyl (C=O) groups is 2. The molecule has 0 atom stereocenters. The van der Waals surface area contributed by atoms with Crippen molar-refractivity contribution in [2.24, 2.45) is 0 Å². The van der Waals surface area contributed by atoms with Crippen LogP contribution >= 0.6 is 11.3 Å². The van der Waals surface area contributed by atoms with Crippen LogP contribution in [0, 0.1) is 6.92 Å². The summed E-state index contributed by atoms with van der Waals surface area (Å²) < 4.78 is 12.2. The van der Waals surface area contributed by atoms with Crippen LogP contribution in [0.2, 0.25) is 0 Å². The van der Waals surface area contributed by atoms with E-state index in [2.05, 4.69) is 9.97 Å². The van der Waals surface area contributed by atoms with E-state index in [4.69, 9.17) is 9.47 Å². The van der Waals surface area contributed by atoms with Gasteiger partial charge < -0.3 is 9.47 Å². The van der Waals surface area contributed by atoms with Gasteiger partial charge in [-0.15, -0.1) is 11.3 Å². The standard InChI is InChI=1S/C24H24N4O4S/c1-16-19(14-22(29)27(10-11-31-2)24-26-9-12-33-24)20-13-18(32-3)6-7-21(20)28(16)23(30)17-5-4-8-25-15-17/h4-9,12-13,15H,10-11,14H2,1-3H3. The van der Waals surface area contributed by atoms with Crippen LogP contribution < -0.4 is 9.64 Å². The van der Waals surface area contributed by atoms with Crippen LogP contribution in [0.3, 0.4) is 0 Å². The molecule has 9 heteroatoms. The summed E-state index contributed by atoms with van der Waals surface area (Å²) in [6, 6.07) is 8.96. The van der Waals surface area contributed by atoms with Crippen molar-refractivity contribution >= 4 is 39.2 Å². The maximum Gasteiger partial charge on any atom is 0.264 e. The molecule has 0 bridgehead atoms. The largest absolute Gasteiger partial charge is 0.497 e. The molecule has 0 aliphatic rings. The third kappa shape index (κ3) is 4.50. The number of pyridine rings is 1. The Morgan fingerprint density at radius 3 is 2.70 bits per heavy atom. The molecule has 0 spiro atoms. The molecule has 0 N–H and O–H groups in total. The number of thiazole rings is 1. The summed E-state index contributed by atoms with van der Waals surface area (Å²) in [6.07, 6.45) is 4.93. The number of hydrogen-bond donors (Lipinski definition) is 0. The zero-order valence-electron chi connectivity index (χ0n) is 18.6. The molecule has 3 heterocycles. The smallest absolute Gasteiger partial charge is 0.264 e. The Morgan fingerprint density at radius 2 is 2.03 bits per heavy atom. The first-order valence-corrected chi connectivity index (χ1v) is 11.2. The van der Waals surface area contributed by atoms with E-state index < -0.39 is 0 Å². The summed E-state index contributed by atoms with van der Waals surface area (Å²) in [5.41, 5.74) is 2.65. The van der Waals surface area contributed by atoms with E-state index in [9.17, 15) is 9.59 Å². The van der Waals surface area contributed by atoms with Crippen molar-refractivity contribution in [2.75, 3.05) is 32.3 Å². The number of anilines is 1. The van der Waals surface area contributed by atoms with Crippen molar-refractivity contribution in [3.8, 4) is 5.75 Å². The number of benzene rings is 1. The zero-order chi connectivity index (χ0) is 23.4. The fourth-order valence-electron chi connectivity index (χ4n) is 3.80. The Bertz CT molecular complexity index is 1270. The molecule has 1 aromatic carbocycles. The maximum absolute atomic E-state index is 13.4. The number of carbonyl (C=O) groups excluding carboxylic acids is 2. The molecule has 8 nitrogen and oxygen atoms in total. The number of amides is 1. The minimum Gasteiger partial charge on any atom is -0.497 e. The minimum atomic E-state index is -0.203. The predicted molar refractivity (Wildman–Crippen MR) is 127 cm³/mol. The number of hydrogen-bond acceptors (Lipinski definition) is 7. The highest BCUT2D eigenvalue weighted by Gasteiger charge is 2.25. The second kappa shape index (κ2) is 9.93. The average molecular weight is 465 g/mol. The third-order valence-electron chi connectivity index (χ3n) is 5.45. The van der Waals surface area contributed by atoms with Crippen molar-refractivity contribution in [1.29, 1.82) is 0 Å². The van der Waals surface area contributed by atoms with E-state index in [1.54, 1.807) is 54.3 Å². The Balaban J connectivity index is 1.79. The first kappa shape index (κ1) is 22.6. The molecule has 0 fully saturated rings. The molecular weight excluding hydrogens is 440 g/mol. The van der Waals surface area contributed by atoms with Crippen molar-refractivity contribution < 1.29 is 19.1 Å². The molecule has 0 saturated heterocycles. The third-order valence-corrected chi connectivity index (χ3v) is 6.25. The van der Waals surface area contributed by atoms with Crippen LogP contribution in [0.5, 0.6) is 5.75 Å². The second-order valence-corrected chi connectivity index (χ2v) is 8.23. The number of fused-ring (bicyclic) bond motifs is 1. The van der Waals surface area contributed by atoms with E-state index in [0.717, 1.165) is 10.9 Å². The Hall–Kier alpha value is -3.56. The highest BCUT2D eigenvalue weighted by atomic mass is 32.1. The van der Waals surface area contributed by atoms with E-state index in [-0.39, 0.29) is 18.2 Å². The van der Waals surface area contributed by atoms with E-state index in [0.29, 0.717) is 40.8 Å². The lowest BCUT2D eigenvalue weighted by molar-refractivity contribution is -0.118. The van der Waals surface area contributed by atoms with Crippen LogP contribution in [0.4, 0.5) is 5.13 Å². The van der Waals surface area contributed by atoms with Crippen molar-refractivity contribution in [2.45, 2.75) is 13.3 Å². The van der Waals surface area contributed by atoms with Crippen LogP contribution in [0.1, 0.15) is 21.6 Å². The van der Waals surface area contributed by atoms with Gasteiger partial charge in [0, 0.05) is 42.2 Å². The van der Waals surface area contributed by atoms with E-state index in [1.165, 1.54) is 17.5 Å². The fourth-order valence-corrected chi connectivity index (χ4v) is 4.48. The molecule has 0 radical (unpaired) electrons. The summed E-state index contributed by atoms with van der Waals surface area (Å²) in [5.74, 6) is 0.324. The Morgan fingerprint density at radius 1 is 1.18 bits per heavy atom. The SMILES string of the molecule is COCCN(C(=O)Cc1c(C)n(C(=O)c2cccnc2)c2ccc(OC)cc12)c1nccs1. The van der Waals surface area contributed by atoms with Crippen LogP contribution in [0.25, 0.3) is 10.9 Å². The van der Waals surface area contributed by atoms with Crippen LogP contribution in [-0.4, -0.2) is 53.7 Å². The van der Waals surface area contributed by atoms with Crippen molar-refractivity contribution in [1.82, 2.24) is 14.5 Å². The van der Waals surface area contributed by atoms with Gasteiger partial charge in [0.2, 0.25) is 5.91 Å². The number of nitrogens with zero attached hydrogens (tertiary/aromatic N) is 4. The maximum atomic E-state index is 13.4. The first-order valence-electron chi connectivity index (χ1n) is 10.4. The summed E-state index contributed by atoms with van der Waals surface area (Å²) >= 11 is 1.39. The van der Waals surface area contributed by atoms with Crippen molar-refractivity contribution in [3.63, 3.8) is 0 Å². The zero-order valence-corrected chi connectivity index (χ0v) is 19.5. The number of aromatic nitrogens is 3. The molecule has 1 amide bonds. The first-order chi connectivity index (χ1) is 16.0. The molecule has 33 heavy (non-hydrogen) atoms. The van der Waals surface area contributed by atoms with E-state index >= 15 is 0 Å². The van der Waals surface area contributed by atoms with Gasteiger partial charge >= 0.3 is 0 Å². The number of rotatable bonds is 8. The lowest BCUT2D eigenvalue weighted by atomic mass is 10.1. The molecule has 0 unspecified atom stereocenters. The Kier molecular flexibility index (Phi) is 6.81. The summed E-state index contributed by atoms with van der Waals surface area (Å²) in [7, 11) is 3.18. The molecule has 4 rings (SSSR count). The molecule has 4 aromatic rings. The minimum absolute atomic E-state index is 0.103. The monoisotopic (exact) mass is 464 g/mol. The number of ether oxygens (including phenoxy) is 2. The molecular formula is C24H24N4O4S. The van der Waals surface area contributed by atoms with Gasteiger partial charge in [-0.1, -0.05) is 0 Å². The molecule has 0 aliphatic heterocycles. The van der Waals surface area contributed by atoms with Gasteiger partial charge in [0.1, 0.15) is 5.75 Å². The quantitative estimate of drug-likeness (QED) is 0.395. The van der Waals surface area contributed by atoms with E-state index in [1.807, 2.05) is 24.4 Å². The highest BCUT2D eigenvalue weighted by Crippen LogP contribution is 2.31. The van der Waals surface area contributed by atoms with Gasteiger partial charge in [-0.05, 0) is 42.8 Å². The lowest BCUT2D eigenvalue weighted by Gasteiger charge is -2.19. The lowest BCUT2D eigenvalue weighted by Crippen LogP contribution is -2.35. The molecule has 3 aromatic heterocycles. The van der Waals surface area contributed by atoms with Gasteiger partial charge in [-0.3, -0.25) is 24.0 Å². The van der Waals surface area contributed by atoms with Gasteiger partial charge in [0.05, 0.1) is 37.8 Å². The van der Waals surface area contributed by atoms with Gasteiger partial charge in [0.15, 0.2) is 5.13 Å². The average Bonchev–Trinajstić information content (AvgIpc) is 3.46. The normalized spacial score (nSPS) is 11.0. The molecule has 0 aliphatic carbocycles. The summed E-state index contributed by atoms with van der Waals surface area (Å²) in [4.78, 5) is 36.8. The topological polar surface area (TPSA) is 86.6 Å².